The number of thioether (sulfide) groups is 1. The summed E-state index contributed by atoms with van der Waals surface area (Å²) >= 11 is 13.2. The van der Waals surface area contributed by atoms with E-state index in [4.69, 9.17) is 28.3 Å². The van der Waals surface area contributed by atoms with Gasteiger partial charge in [0.2, 0.25) is 5.91 Å². The molecule has 0 saturated carbocycles. The average molecular weight is 332 g/mol. The van der Waals surface area contributed by atoms with Crippen molar-refractivity contribution in [2.75, 3.05) is 11.6 Å². The second kappa shape index (κ2) is 6.52. The third-order valence-corrected chi connectivity index (χ3v) is 4.39. The van der Waals surface area contributed by atoms with Crippen molar-refractivity contribution >= 4 is 52.9 Å². The summed E-state index contributed by atoms with van der Waals surface area (Å²) in [6.45, 7) is 0. The molecule has 1 fully saturated rings. The van der Waals surface area contributed by atoms with E-state index in [1.54, 1.807) is 24.3 Å². The molecule has 0 spiro atoms. The number of carbonyl (C=O) groups is 2. The first-order valence-corrected chi connectivity index (χ1v) is 7.64. The second-order valence-corrected chi connectivity index (χ2v) is 6.00. The molecule has 1 amide bonds. The molecule has 1 aliphatic heterocycles. The molecule has 4 nitrogen and oxygen atoms in total. The first kappa shape index (κ1) is 15.2. The molecule has 1 aromatic carbocycles. The molecule has 0 radical (unpaired) electrons. The topological polar surface area (TPSA) is 57.6 Å². The Morgan fingerprint density at radius 3 is 2.80 bits per heavy atom. The highest BCUT2D eigenvalue weighted by Gasteiger charge is 2.33. The lowest BCUT2D eigenvalue weighted by molar-refractivity contribution is -0.146. The van der Waals surface area contributed by atoms with Crippen LogP contribution in [0.15, 0.2) is 24.3 Å². The molecule has 1 saturated heterocycles. The summed E-state index contributed by atoms with van der Waals surface area (Å²) in [6, 6.07) is 4.18. The van der Waals surface area contributed by atoms with Crippen molar-refractivity contribution in [1.29, 1.82) is 0 Å². The van der Waals surface area contributed by atoms with Crippen molar-refractivity contribution in [2.45, 2.75) is 6.04 Å². The summed E-state index contributed by atoms with van der Waals surface area (Å²) in [6.07, 6.45) is 2.89. The first-order valence-electron chi connectivity index (χ1n) is 5.73. The van der Waals surface area contributed by atoms with E-state index >= 15 is 0 Å². The van der Waals surface area contributed by atoms with Gasteiger partial charge in [-0.1, -0.05) is 29.3 Å². The highest BCUT2D eigenvalue weighted by atomic mass is 35.5. The van der Waals surface area contributed by atoms with E-state index in [9.17, 15) is 9.59 Å². The van der Waals surface area contributed by atoms with Gasteiger partial charge in [-0.05, 0) is 23.8 Å². The minimum Gasteiger partial charge on any atom is -0.480 e. The van der Waals surface area contributed by atoms with Crippen molar-refractivity contribution < 1.29 is 14.7 Å². The molecule has 0 bridgehead atoms. The van der Waals surface area contributed by atoms with E-state index in [0.29, 0.717) is 27.2 Å². The lowest BCUT2D eigenvalue weighted by atomic mass is 10.2. The number of hydrogen-bond acceptors (Lipinski definition) is 3. The summed E-state index contributed by atoms with van der Waals surface area (Å²) in [5, 5.41) is 9.98. The number of carbonyl (C=O) groups excluding carboxylic acids is 1. The van der Waals surface area contributed by atoms with Crippen molar-refractivity contribution in [3.05, 3.63) is 39.9 Å². The Labute approximate surface area is 130 Å². The van der Waals surface area contributed by atoms with Crippen molar-refractivity contribution in [3.63, 3.8) is 0 Å². The Hall–Kier alpha value is -1.17. The Morgan fingerprint density at radius 2 is 2.15 bits per heavy atom. The number of carboxylic acid groups (broad SMARTS) is 1. The zero-order valence-electron chi connectivity index (χ0n) is 10.3. The molecule has 1 aromatic rings. The van der Waals surface area contributed by atoms with Crippen LogP contribution in [0, 0.1) is 0 Å². The predicted molar refractivity (Wildman–Crippen MR) is 81.1 cm³/mol. The Bertz CT molecular complexity index is 577. The number of nitrogens with zero attached hydrogens (tertiary/aromatic N) is 1. The fourth-order valence-electron chi connectivity index (χ4n) is 1.76. The third kappa shape index (κ3) is 3.48. The van der Waals surface area contributed by atoms with E-state index in [0.717, 1.165) is 0 Å². The lowest BCUT2D eigenvalue weighted by Gasteiger charge is -2.18. The van der Waals surface area contributed by atoms with E-state index in [-0.39, 0.29) is 5.91 Å². The van der Waals surface area contributed by atoms with Crippen molar-refractivity contribution in [1.82, 2.24) is 4.90 Å². The van der Waals surface area contributed by atoms with Gasteiger partial charge < -0.3 is 10.0 Å². The van der Waals surface area contributed by atoms with Gasteiger partial charge in [0, 0.05) is 21.9 Å². The minimum atomic E-state index is -0.985. The average Bonchev–Trinajstić information content (AvgIpc) is 2.86. The van der Waals surface area contributed by atoms with Crippen LogP contribution in [0.25, 0.3) is 6.08 Å². The van der Waals surface area contributed by atoms with Gasteiger partial charge >= 0.3 is 5.97 Å². The Morgan fingerprint density at radius 1 is 1.40 bits per heavy atom. The monoisotopic (exact) mass is 331 g/mol. The van der Waals surface area contributed by atoms with Crippen molar-refractivity contribution in [3.8, 4) is 0 Å². The summed E-state index contributed by atoms with van der Waals surface area (Å²) in [4.78, 5) is 24.3. The zero-order valence-corrected chi connectivity index (χ0v) is 12.6. The van der Waals surface area contributed by atoms with Crippen molar-refractivity contribution in [2.24, 2.45) is 0 Å². The highest BCUT2D eigenvalue weighted by Crippen LogP contribution is 2.24. The van der Waals surface area contributed by atoms with Crippen LogP contribution in [0.5, 0.6) is 0 Å². The predicted octanol–water partition coefficient (Wildman–Crippen LogP) is 2.99. The van der Waals surface area contributed by atoms with Crippen LogP contribution in [0.2, 0.25) is 10.0 Å². The molecule has 7 heteroatoms. The summed E-state index contributed by atoms with van der Waals surface area (Å²) in [5.74, 6) is -0.528. The number of rotatable bonds is 3. The summed E-state index contributed by atoms with van der Waals surface area (Å²) < 4.78 is 0. The standard InChI is InChI=1S/C13H11Cl2NO3S/c14-9-3-1-8(10(15)5-9)2-4-12(17)16-7-20-6-11(16)13(18)19/h1-5,11H,6-7H2,(H,18,19)/b4-2+. The molecule has 1 aliphatic rings. The number of carboxylic acids is 1. The molecule has 0 aromatic heterocycles. The third-order valence-electron chi connectivity index (χ3n) is 2.82. The van der Waals surface area contributed by atoms with Gasteiger partial charge in [0.15, 0.2) is 0 Å². The SMILES string of the molecule is O=C(O)C1CSCN1C(=O)/C=C/c1ccc(Cl)cc1Cl. The molecular weight excluding hydrogens is 321 g/mol. The zero-order chi connectivity index (χ0) is 14.7. The van der Waals surface area contributed by atoms with Gasteiger partial charge in [-0.3, -0.25) is 4.79 Å². The molecule has 1 heterocycles. The van der Waals surface area contributed by atoms with Gasteiger partial charge in [-0.25, -0.2) is 4.79 Å². The smallest absolute Gasteiger partial charge is 0.327 e. The van der Waals surface area contributed by atoms with Gasteiger partial charge in [0.25, 0.3) is 0 Å². The quantitative estimate of drug-likeness (QED) is 0.865. The van der Waals surface area contributed by atoms with Crippen LogP contribution in [0.1, 0.15) is 5.56 Å². The summed E-state index contributed by atoms with van der Waals surface area (Å²) in [5.41, 5.74) is 0.656. The van der Waals surface area contributed by atoms with E-state index in [1.165, 1.54) is 22.7 Å². The van der Waals surface area contributed by atoms with Gasteiger partial charge in [-0.15, -0.1) is 11.8 Å². The molecule has 2 rings (SSSR count). The number of halogens is 2. The molecule has 0 aliphatic carbocycles. The molecule has 1 N–H and O–H groups in total. The largest absolute Gasteiger partial charge is 0.480 e. The van der Waals surface area contributed by atoms with Gasteiger partial charge in [-0.2, -0.15) is 0 Å². The Kier molecular flexibility index (Phi) is 4.96. The van der Waals surface area contributed by atoms with Crippen LogP contribution in [-0.2, 0) is 9.59 Å². The minimum absolute atomic E-state index is 0.339. The maximum atomic E-state index is 12.0. The summed E-state index contributed by atoms with van der Waals surface area (Å²) in [7, 11) is 0. The number of amides is 1. The van der Waals surface area contributed by atoms with E-state index < -0.39 is 12.0 Å². The number of aliphatic carboxylic acids is 1. The molecule has 1 atom stereocenters. The molecule has 1 unspecified atom stereocenters. The van der Waals surface area contributed by atoms with Crippen LogP contribution in [0.4, 0.5) is 0 Å². The first-order chi connectivity index (χ1) is 9.49. The number of benzene rings is 1. The Balaban J connectivity index is 2.11. The molecule has 106 valence electrons. The van der Waals surface area contributed by atoms with Crippen LogP contribution in [-0.4, -0.2) is 39.6 Å². The number of hydrogen-bond donors (Lipinski definition) is 1. The molecule has 20 heavy (non-hydrogen) atoms. The second-order valence-electron chi connectivity index (χ2n) is 4.16. The van der Waals surface area contributed by atoms with Crippen LogP contribution >= 0.6 is 35.0 Å². The van der Waals surface area contributed by atoms with Gasteiger partial charge in [0.05, 0.1) is 5.88 Å². The maximum absolute atomic E-state index is 12.0. The van der Waals surface area contributed by atoms with Crippen LogP contribution in [0.3, 0.4) is 0 Å². The van der Waals surface area contributed by atoms with Crippen LogP contribution < -0.4 is 0 Å². The maximum Gasteiger partial charge on any atom is 0.327 e. The van der Waals surface area contributed by atoms with E-state index in [1.807, 2.05) is 0 Å². The van der Waals surface area contributed by atoms with E-state index in [2.05, 4.69) is 0 Å². The fraction of sp³-hybridized carbons (Fsp3) is 0.231. The molecular formula is C13H11Cl2NO3S. The van der Waals surface area contributed by atoms with Gasteiger partial charge in [0.1, 0.15) is 6.04 Å². The normalized spacial score (nSPS) is 18.7. The highest BCUT2D eigenvalue weighted by molar-refractivity contribution is 7.99. The lowest BCUT2D eigenvalue weighted by Crippen LogP contribution is -2.40. The fourth-order valence-corrected chi connectivity index (χ4v) is 3.38.